The number of carbonyl (C=O) groups is 2. The molecule has 0 unspecified atom stereocenters. The fourth-order valence-electron chi connectivity index (χ4n) is 1.98. The van der Waals surface area contributed by atoms with Crippen molar-refractivity contribution in [3.8, 4) is 0 Å². The van der Waals surface area contributed by atoms with Crippen LogP contribution in [0, 0.1) is 0 Å². The summed E-state index contributed by atoms with van der Waals surface area (Å²) in [6.45, 7) is 3.03. The first-order chi connectivity index (χ1) is 8.43. The van der Waals surface area contributed by atoms with Gasteiger partial charge in [-0.3, -0.25) is 0 Å². The third-order valence-corrected chi connectivity index (χ3v) is 3.20. The van der Waals surface area contributed by atoms with E-state index in [4.69, 9.17) is 5.11 Å². The van der Waals surface area contributed by atoms with Gasteiger partial charge in [0.1, 0.15) is 0 Å². The number of rotatable bonds is 4. The van der Waals surface area contributed by atoms with Crippen LogP contribution in [0.3, 0.4) is 0 Å². The molecule has 0 saturated carbocycles. The van der Waals surface area contributed by atoms with E-state index >= 15 is 0 Å². The maximum atomic E-state index is 11.9. The average molecular weight is 259 g/mol. The van der Waals surface area contributed by atoms with Crippen molar-refractivity contribution in [2.75, 3.05) is 20.1 Å². The zero-order valence-corrected chi connectivity index (χ0v) is 10.7. The summed E-state index contributed by atoms with van der Waals surface area (Å²) in [4.78, 5) is 24.3. The van der Waals surface area contributed by atoms with Gasteiger partial charge in [0.2, 0.25) is 0 Å². The van der Waals surface area contributed by atoms with Crippen molar-refractivity contribution in [1.29, 1.82) is 0 Å². The van der Waals surface area contributed by atoms with Crippen LogP contribution in [0.1, 0.15) is 19.8 Å². The van der Waals surface area contributed by atoms with Crippen molar-refractivity contribution >= 4 is 12.0 Å². The molecule has 0 aliphatic carbocycles. The first-order valence-corrected chi connectivity index (χ1v) is 6.08. The molecular weight excluding hydrogens is 238 g/mol. The Kier molecular flexibility index (Phi) is 5.36. The van der Waals surface area contributed by atoms with Gasteiger partial charge < -0.3 is 25.7 Å². The van der Waals surface area contributed by atoms with E-state index in [0.29, 0.717) is 0 Å². The van der Waals surface area contributed by atoms with Crippen LogP contribution in [0.25, 0.3) is 0 Å². The summed E-state index contributed by atoms with van der Waals surface area (Å²) in [6.07, 6.45) is 0.556. The molecule has 0 aromatic heterocycles. The lowest BCUT2D eigenvalue weighted by molar-refractivity contribution is -0.141. The van der Waals surface area contributed by atoms with Crippen LogP contribution < -0.4 is 10.6 Å². The fourth-order valence-corrected chi connectivity index (χ4v) is 1.98. The number of piperidine rings is 1. The Balaban J connectivity index is 2.54. The Morgan fingerprint density at radius 2 is 1.94 bits per heavy atom. The van der Waals surface area contributed by atoms with Gasteiger partial charge >= 0.3 is 12.0 Å². The Bertz CT molecular complexity index is 303. The number of urea groups is 1. The topological polar surface area (TPSA) is 102 Å². The lowest BCUT2D eigenvalue weighted by atomic mass is 10.1. The molecule has 0 aromatic rings. The number of carboxylic acids is 1. The van der Waals surface area contributed by atoms with Crippen molar-refractivity contribution in [1.82, 2.24) is 15.5 Å². The third-order valence-electron chi connectivity index (χ3n) is 3.20. The summed E-state index contributed by atoms with van der Waals surface area (Å²) in [5.41, 5.74) is 0. The minimum Gasteiger partial charge on any atom is -0.480 e. The number of carbonyl (C=O) groups excluding carboxylic acids is 1. The molecule has 0 aromatic carbocycles. The zero-order valence-electron chi connectivity index (χ0n) is 10.7. The van der Waals surface area contributed by atoms with Crippen molar-refractivity contribution in [3.05, 3.63) is 0 Å². The largest absolute Gasteiger partial charge is 0.480 e. The van der Waals surface area contributed by atoms with E-state index in [1.54, 1.807) is 7.05 Å². The number of aliphatic hydroxyl groups is 1. The molecule has 1 aliphatic heterocycles. The van der Waals surface area contributed by atoms with E-state index in [0.717, 1.165) is 25.9 Å². The molecule has 0 spiro atoms. The standard InChI is InChI=1S/C11H21N3O4/c1-7(15)9(10(16)17)13-11(18)14(2)8-3-5-12-6-4-8/h7-9,12,15H,3-6H2,1-2H3,(H,13,18)(H,16,17)/t7-,9+/m1/s1. The molecule has 1 saturated heterocycles. The maximum absolute atomic E-state index is 11.9. The molecule has 7 nitrogen and oxygen atoms in total. The molecule has 1 aliphatic rings. The molecule has 2 atom stereocenters. The lowest BCUT2D eigenvalue weighted by Gasteiger charge is -2.32. The molecule has 1 rings (SSSR count). The second-order valence-electron chi connectivity index (χ2n) is 4.60. The number of nitrogens with zero attached hydrogens (tertiary/aromatic N) is 1. The summed E-state index contributed by atoms with van der Waals surface area (Å²) >= 11 is 0. The van der Waals surface area contributed by atoms with E-state index in [-0.39, 0.29) is 6.04 Å². The number of aliphatic hydroxyl groups excluding tert-OH is 1. The van der Waals surface area contributed by atoms with Crippen LogP contribution in [0.2, 0.25) is 0 Å². The van der Waals surface area contributed by atoms with E-state index in [2.05, 4.69) is 10.6 Å². The van der Waals surface area contributed by atoms with Crippen LogP contribution in [-0.4, -0.2) is 65.4 Å². The molecule has 4 N–H and O–H groups in total. The van der Waals surface area contributed by atoms with E-state index in [1.807, 2.05) is 0 Å². The van der Waals surface area contributed by atoms with Gasteiger partial charge in [-0.25, -0.2) is 9.59 Å². The summed E-state index contributed by atoms with van der Waals surface area (Å²) in [7, 11) is 1.65. The Labute approximate surface area is 106 Å². The lowest BCUT2D eigenvalue weighted by Crippen LogP contribution is -2.54. The van der Waals surface area contributed by atoms with Gasteiger partial charge in [0.05, 0.1) is 6.10 Å². The predicted octanol–water partition coefficient (Wildman–Crippen LogP) is -0.786. The highest BCUT2D eigenvalue weighted by Gasteiger charge is 2.28. The normalized spacial score (nSPS) is 19.9. The van der Waals surface area contributed by atoms with E-state index in [9.17, 15) is 14.7 Å². The van der Waals surface area contributed by atoms with Gasteiger partial charge in [-0.05, 0) is 32.9 Å². The van der Waals surface area contributed by atoms with Gasteiger partial charge in [0, 0.05) is 13.1 Å². The molecule has 1 fully saturated rings. The number of nitrogens with one attached hydrogen (secondary N) is 2. The highest BCUT2D eigenvalue weighted by atomic mass is 16.4. The number of hydrogen-bond acceptors (Lipinski definition) is 4. The van der Waals surface area contributed by atoms with Gasteiger partial charge in [0.15, 0.2) is 6.04 Å². The number of hydrogen-bond donors (Lipinski definition) is 4. The Morgan fingerprint density at radius 3 is 2.39 bits per heavy atom. The first kappa shape index (κ1) is 14.7. The van der Waals surface area contributed by atoms with E-state index in [1.165, 1.54) is 11.8 Å². The minimum absolute atomic E-state index is 0.106. The highest BCUT2D eigenvalue weighted by molar-refractivity contribution is 5.83. The SMILES string of the molecule is C[C@@H](O)[C@H](NC(=O)N(C)C1CCNCC1)C(=O)O. The van der Waals surface area contributed by atoms with Crippen molar-refractivity contribution in [2.45, 2.75) is 38.0 Å². The number of carboxylic acid groups (broad SMARTS) is 1. The number of amides is 2. The van der Waals surface area contributed by atoms with Crippen molar-refractivity contribution in [3.63, 3.8) is 0 Å². The van der Waals surface area contributed by atoms with Gasteiger partial charge in [-0.15, -0.1) is 0 Å². The Hall–Kier alpha value is -1.34. The zero-order chi connectivity index (χ0) is 13.7. The quantitative estimate of drug-likeness (QED) is 0.530. The Morgan fingerprint density at radius 1 is 1.39 bits per heavy atom. The summed E-state index contributed by atoms with van der Waals surface area (Å²) in [5, 5.41) is 23.7. The molecule has 18 heavy (non-hydrogen) atoms. The minimum atomic E-state index is -1.28. The highest BCUT2D eigenvalue weighted by Crippen LogP contribution is 2.10. The first-order valence-electron chi connectivity index (χ1n) is 6.08. The molecular formula is C11H21N3O4. The van der Waals surface area contributed by atoms with Crippen LogP contribution in [-0.2, 0) is 4.79 Å². The smallest absolute Gasteiger partial charge is 0.328 e. The van der Waals surface area contributed by atoms with Gasteiger partial charge in [-0.1, -0.05) is 0 Å². The summed E-state index contributed by atoms with van der Waals surface area (Å²) < 4.78 is 0. The second kappa shape index (κ2) is 6.55. The van der Waals surface area contributed by atoms with Gasteiger partial charge in [0.25, 0.3) is 0 Å². The monoisotopic (exact) mass is 259 g/mol. The van der Waals surface area contributed by atoms with Crippen LogP contribution in [0.15, 0.2) is 0 Å². The fraction of sp³-hybridized carbons (Fsp3) is 0.818. The molecule has 0 radical (unpaired) electrons. The molecule has 1 heterocycles. The molecule has 0 bridgehead atoms. The molecule has 2 amide bonds. The van der Waals surface area contributed by atoms with Crippen LogP contribution in [0.4, 0.5) is 4.79 Å². The maximum Gasteiger partial charge on any atom is 0.328 e. The van der Waals surface area contributed by atoms with Crippen molar-refractivity contribution in [2.24, 2.45) is 0 Å². The third kappa shape index (κ3) is 3.85. The predicted molar refractivity (Wildman–Crippen MR) is 65.3 cm³/mol. The summed E-state index contributed by atoms with van der Waals surface area (Å²) in [6, 6.07) is -1.63. The number of aliphatic carboxylic acids is 1. The van der Waals surface area contributed by atoms with Gasteiger partial charge in [-0.2, -0.15) is 0 Å². The van der Waals surface area contributed by atoms with E-state index < -0.39 is 24.1 Å². The van der Waals surface area contributed by atoms with Crippen LogP contribution >= 0.6 is 0 Å². The average Bonchev–Trinajstić information content (AvgIpc) is 2.35. The van der Waals surface area contributed by atoms with Crippen LogP contribution in [0.5, 0.6) is 0 Å². The second-order valence-corrected chi connectivity index (χ2v) is 4.60. The molecule has 104 valence electrons. The molecule has 7 heteroatoms. The van der Waals surface area contributed by atoms with Crippen molar-refractivity contribution < 1.29 is 19.8 Å². The summed E-state index contributed by atoms with van der Waals surface area (Å²) in [5.74, 6) is -1.24.